The van der Waals surface area contributed by atoms with E-state index in [0.29, 0.717) is 6.54 Å². The minimum atomic E-state index is -0.457. The van der Waals surface area contributed by atoms with Gasteiger partial charge in [0.05, 0.1) is 11.3 Å². The number of nitro groups is 1. The number of carbonyl (C=O) groups is 1. The van der Waals surface area contributed by atoms with Crippen molar-refractivity contribution >= 4 is 24.0 Å². The lowest BCUT2D eigenvalue weighted by Gasteiger charge is -2.04. The molecule has 1 rings (SSSR count). The van der Waals surface area contributed by atoms with Crippen LogP contribution in [0.25, 0.3) is 0 Å². The molecule has 0 fully saturated rings. The third-order valence-electron chi connectivity index (χ3n) is 2.44. The molecule has 0 spiro atoms. The van der Waals surface area contributed by atoms with Crippen LogP contribution in [0.1, 0.15) is 12.0 Å². The topological polar surface area (TPSA) is 84.3 Å². The summed E-state index contributed by atoms with van der Waals surface area (Å²) in [7, 11) is 1.86. The van der Waals surface area contributed by atoms with E-state index in [1.165, 1.54) is 12.1 Å². The van der Waals surface area contributed by atoms with Gasteiger partial charge in [-0.3, -0.25) is 14.9 Å². The lowest BCUT2D eigenvalue weighted by atomic mass is 10.1. The summed E-state index contributed by atoms with van der Waals surface area (Å²) < 4.78 is 0. The molecule has 1 aromatic rings. The molecule has 0 aliphatic rings. The molecule has 6 nitrogen and oxygen atoms in total. The third-order valence-corrected chi connectivity index (χ3v) is 2.44. The molecule has 0 saturated carbocycles. The van der Waals surface area contributed by atoms with Gasteiger partial charge in [0.15, 0.2) is 0 Å². The van der Waals surface area contributed by atoms with Gasteiger partial charge in [-0.05, 0) is 25.6 Å². The Hall–Kier alpha value is -1.66. The number of rotatable bonds is 7. The van der Waals surface area contributed by atoms with Gasteiger partial charge in [0.1, 0.15) is 0 Å². The van der Waals surface area contributed by atoms with E-state index in [0.717, 1.165) is 18.5 Å². The third kappa shape index (κ3) is 6.73. The van der Waals surface area contributed by atoms with Gasteiger partial charge in [-0.1, -0.05) is 12.1 Å². The van der Waals surface area contributed by atoms with Gasteiger partial charge < -0.3 is 10.6 Å². The van der Waals surface area contributed by atoms with Crippen molar-refractivity contribution in [3.8, 4) is 0 Å². The summed E-state index contributed by atoms with van der Waals surface area (Å²) in [5, 5.41) is 16.2. The van der Waals surface area contributed by atoms with Crippen LogP contribution in [0, 0.1) is 10.1 Å². The fourth-order valence-electron chi connectivity index (χ4n) is 1.48. The average molecular weight is 288 g/mol. The Labute approximate surface area is 118 Å². The summed E-state index contributed by atoms with van der Waals surface area (Å²) in [5.41, 5.74) is 0.805. The van der Waals surface area contributed by atoms with E-state index in [1.54, 1.807) is 12.1 Å². The Morgan fingerprint density at radius 2 is 1.89 bits per heavy atom. The van der Waals surface area contributed by atoms with Gasteiger partial charge in [-0.15, -0.1) is 12.4 Å². The van der Waals surface area contributed by atoms with Crippen molar-refractivity contribution in [3.63, 3.8) is 0 Å². The van der Waals surface area contributed by atoms with Crippen molar-refractivity contribution in [1.82, 2.24) is 10.6 Å². The molecule has 0 unspecified atom stereocenters. The fraction of sp³-hybridized carbons (Fsp3) is 0.417. The molecule has 0 bridgehead atoms. The number of non-ortho nitro benzene ring substituents is 1. The summed E-state index contributed by atoms with van der Waals surface area (Å²) in [6.45, 7) is 1.49. The minimum Gasteiger partial charge on any atom is -0.356 e. The maximum absolute atomic E-state index is 11.5. The standard InChI is InChI=1S/C12H17N3O3.ClH/c1-13-7-2-8-14-12(16)9-10-3-5-11(6-4-10)15(17)18;/h3-6,13H,2,7-9H2,1H3,(H,14,16);1H. The second-order valence-corrected chi connectivity index (χ2v) is 3.91. The van der Waals surface area contributed by atoms with Crippen LogP contribution in [0.15, 0.2) is 24.3 Å². The Morgan fingerprint density at radius 3 is 2.42 bits per heavy atom. The summed E-state index contributed by atoms with van der Waals surface area (Å²) in [6, 6.07) is 6.02. The molecule has 0 atom stereocenters. The maximum Gasteiger partial charge on any atom is 0.269 e. The van der Waals surface area contributed by atoms with Crippen molar-refractivity contribution < 1.29 is 9.72 Å². The molecular formula is C12H18ClN3O3. The van der Waals surface area contributed by atoms with Gasteiger partial charge in [-0.25, -0.2) is 0 Å². The van der Waals surface area contributed by atoms with Gasteiger partial charge in [0, 0.05) is 18.7 Å². The molecule has 0 aliphatic carbocycles. The lowest BCUT2D eigenvalue weighted by Crippen LogP contribution is -2.27. The quantitative estimate of drug-likeness (QED) is 0.449. The molecular weight excluding hydrogens is 270 g/mol. The zero-order valence-corrected chi connectivity index (χ0v) is 11.5. The van der Waals surface area contributed by atoms with Crippen molar-refractivity contribution in [1.29, 1.82) is 0 Å². The molecule has 106 valence electrons. The van der Waals surface area contributed by atoms with Crippen molar-refractivity contribution in [2.45, 2.75) is 12.8 Å². The van der Waals surface area contributed by atoms with E-state index in [2.05, 4.69) is 10.6 Å². The van der Waals surface area contributed by atoms with Crippen LogP contribution in [0.5, 0.6) is 0 Å². The Morgan fingerprint density at radius 1 is 1.26 bits per heavy atom. The number of carbonyl (C=O) groups excluding carboxylic acids is 1. The number of hydrogen-bond acceptors (Lipinski definition) is 4. The predicted octanol–water partition coefficient (Wildman–Crippen LogP) is 1.28. The monoisotopic (exact) mass is 287 g/mol. The number of nitrogens with zero attached hydrogens (tertiary/aromatic N) is 1. The fourth-order valence-corrected chi connectivity index (χ4v) is 1.48. The number of nitrogens with one attached hydrogen (secondary N) is 2. The molecule has 2 N–H and O–H groups in total. The number of hydrogen-bond donors (Lipinski definition) is 2. The highest BCUT2D eigenvalue weighted by Gasteiger charge is 2.06. The summed E-state index contributed by atoms with van der Waals surface area (Å²) >= 11 is 0. The lowest BCUT2D eigenvalue weighted by molar-refractivity contribution is -0.384. The van der Waals surface area contributed by atoms with E-state index in [1.807, 2.05) is 7.05 Å². The highest BCUT2D eigenvalue weighted by molar-refractivity contribution is 5.85. The molecule has 0 saturated heterocycles. The summed E-state index contributed by atoms with van der Waals surface area (Å²) in [4.78, 5) is 21.5. The average Bonchev–Trinajstić information content (AvgIpc) is 2.35. The molecule has 0 heterocycles. The number of halogens is 1. The zero-order valence-electron chi connectivity index (χ0n) is 10.7. The molecule has 0 radical (unpaired) electrons. The van der Waals surface area contributed by atoms with Crippen molar-refractivity contribution in [2.24, 2.45) is 0 Å². The Kier molecular flexibility index (Phi) is 8.48. The summed E-state index contributed by atoms with van der Waals surface area (Å²) in [6.07, 6.45) is 1.13. The van der Waals surface area contributed by atoms with Crippen LogP contribution in [0.3, 0.4) is 0 Å². The molecule has 1 amide bonds. The number of amides is 1. The first-order valence-electron chi connectivity index (χ1n) is 5.78. The molecule has 0 aliphatic heterocycles. The second-order valence-electron chi connectivity index (χ2n) is 3.91. The highest BCUT2D eigenvalue weighted by atomic mass is 35.5. The Bertz CT molecular complexity index is 409. The van der Waals surface area contributed by atoms with Crippen LogP contribution >= 0.6 is 12.4 Å². The number of benzene rings is 1. The maximum atomic E-state index is 11.5. The van der Waals surface area contributed by atoms with E-state index < -0.39 is 4.92 Å². The molecule has 7 heteroatoms. The van der Waals surface area contributed by atoms with E-state index in [4.69, 9.17) is 0 Å². The van der Waals surface area contributed by atoms with Gasteiger partial charge in [-0.2, -0.15) is 0 Å². The first-order chi connectivity index (χ1) is 8.63. The number of nitro benzene ring substituents is 1. The van der Waals surface area contributed by atoms with Crippen LogP contribution in [0.4, 0.5) is 5.69 Å². The highest BCUT2D eigenvalue weighted by Crippen LogP contribution is 2.12. The van der Waals surface area contributed by atoms with Gasteiger partial charge in [0.25, 0.3) is 5.69 Å². The molecule has 1 aromatic carbocycles. The first-order valence-corrected chi connectivity index (χ1v) is 5.78. The van der Waals surface area contributed by atoms with E-state index >= 15 is 0 Å². The largest absolute Gasteiger partial charge is 0.356 e. The first kappa shape index (κ1) is 17.3. The van der Waals surface area contributed by atoms with Crippen molar-refractivity contribution in [2.75, 3.05) is 20.1 Å². The van der Waals surface area contributed by atoms with E-state index in [9.17, 15) is 14.9 Å². The molecule has 19 heavy (non-hydrogen) atoms. The summed E-state index contributed by atoms with van der Waals surface area (Å²) in [5.74, 6) is -0.0695. The SMILES string of the molecule is CNCCCNC(=O)Cc1ccc([N+](=O)[O-])cc1.Cl. The Balaban J connectivity index is 0.00000324. The van der Waals surface area contributed by atoms with Crippen LogP contribution in [0.2, 0.25) is 0 Å². The van der Waals surface area contributed by atoms with Crippen molar-refractivity contribution in [3.05, 3.63) is 39.9 Å². The van der Waals surface area contributed by atoms with Crippen LogP contribution < -0.4 is 10.6 Å². The molecule has 0 aromatic heterocycles. The smallest absolute Gasteiger partial charge is 0.269 e. The second kappa shape index (κ2) is 9.29. The van der Waals surface area contributed by atoms with Gasteiger partial charge >= 0.3 is 0 Å². The normalized spacial score (nSPS) is 9.53. The van der Waals surface area contributed by atoms with Gasteiger partial charge in [0.2, 0.25) is 5.91 Å². The van der Waals surface area contributed by atoms with E-state index in [-0.39, 0.29) is 30.4 Å². The minimum absolute atomic E-state index is 0. The predicted molar refractivity (Wildman–Crippen MR) is 75.6 cm³/mol. The van der Waals surface area contributed by atoms with Crippen LogP contribution in [-0.4, -0.2) is 31.0 Å². The van der Waals surface area contributed by atoms with Crippen LogP contribution in [-0.2, 0) is 11.2 Å². The zero-order chi connectivity index (χ0) is 13.4.